The molecule has 2 N–H and O–H groups in total. The maximum Gasteiger partial charge on any atom is 0.289 e. The number of nitrogens with one attached hydrogen (secondary N) is 2. The summed E-state index contributed by atoms with van der Waals surface area (Å²) in [4.78, 5) is 41.4. The number of nitrogens with zero attached hydrogens (tertiary/aromatic N) is 4. The topological polar surface area (TPSA) is 110 Å². The molecule has 0 radical (unpaired) electrons. The number of hydrogen-bond donors (Lipinski definition) is 2. The molecule has 4 rings (SSSR count). The number of amides is 2. The van der Waals surface area contributed by atoms with E-state index in [-0.39, 0.29) is 5.69 Å². The molecule has 8 heteroatoms. The molecule has 0 aliphatic rings. The smallest absolute Gasteiger partial charge is 0.267 e. The van der Waals surface area contributed by atoms with Gasteiger partial charge >= 0.3 is 0 Å². The van der Waals surface area contributed by atoms with E-state index in [1.165, 1.54) is 18.6 Å². The van der Waals surface area contributed by atoms with Crippen LogP contribution in [0.25, 0.3) is 22.3 Å². The standard InChI is InChI=1S/C20H14N6O2/c27-19(25-26-20(28)18-12-21-9-10-23-18)14-11-17(16-7-3-4-8-22-16)24-15-6-2-1-5-13(14)15/h1-12H,(H,25,27)(H,26,28). The highest BCUT2D eigenvalue weighted by Crippen LogP contribution is 2.23. The SMILES string of the molecule is O=C(NNC(=O)c1cc(-c2ccccn2)nc2ccccc12)c1cnccn1. The molecule has 8 nitrogen and oxygen atoms in total. The van der Waals surface area contributed by atoms with Crippen molar-refractivity contribution in [3.63, 3.8) is 0 Å². The fourth-order valence-electron chi connectivity index (χ4n) is 2.67. The van der Waals surface area contributed by atoms with Gasteiger partial charge in [-0.3, -0.25) is 30.4 Å². The number of pyridine rings is 2. The first-order chi connectivity index (χ1) is 13.7. The molecule has 2 amide bonds. The summed E-state index contributed by atoms with van der Waals surface area (Å²) >= 11 is 0. The van der Waals surface area contributed by atoms with Crippen LogP contribution in [0.1, 0.15) is 20.8 Å². The third-order valence-electron chi connectivity index (χ3n) is 3.97. The van der Waals surface area contributed by atoms with Crippen molar-refractivity contribution in [2.75, 3.05) is 0 Å². The highest BCUT2D eigenvalue weighted by molar-refractivity contribution is 6.08. The highest BCUT2D eigenvalue weighted by atomic mass is 16.2. The summed E-state index contributed by atoms with van der Waals surface area (Å²) in [5.74, 6) is -1.04. The summed E-state index contributed by atoms with van der Waals surface area (Å²) in [7, 11) is 0. The van der Waals surface area contributed by atoms with Crippen molar-refractivity contribution in [3.05, 3.63) is 84.6 Å². The van der Waals surface area contributed by atoms with Crippen molar-refractivity contribution in [1.29, 1.82) is 0 Å². The fourth-order valence-corrected chi connectivity index (χ4v) is 2.67. The Morgan fingerprint density at radius 1 is 0.786 bits per heavy atom. The van der Waals surface area contributed by atoms with Gasteiger partial charge in [0, 0.05) is 24.0 Å². The first-order valence-corrected chi connectivity index (χ1v) is 8.40. The summed E-state index contributed by atoms with van der Waals surface area (Å²) in [5, 5.41) is 0.661. The summed E-state index contributed by atoms with van der Waals surface area (Å²) < 4.78 is 0. The molecule has 0 bridgehead atoms. The van der Waals surface area contributed by atoms with Crippen molar-refractivity contribution < 1.29 is 9.59 Å². The van der Waals surface area contributed by atoms with E-state index in [0.29, 0.717) is 27.9 Å². The van der Waals surface area contributed by atoms with Gasteiger partial charge in [-0.25, -0.2) is 9.97 Å². The second-order valence-corrected chi connectivity index (χ2v) is 5.79. The molecule has 28 heavy (non-hydrogen) atoms. The number of carbonyl (C=O) groups is 2. The molecule has 4 aromatic rings. The maximum absolute atomic E-state index is 12.8. The van der Waals surface area contributed by atoms with Crippen LogP contribution in [-0.4, -0.2) is 31.8 Å². The van der Waals surface area contributed by atoms with Crippen molar-refractivity contribution in [2.45, 2.75) is 0 Å². The van der Waals surface area contributed by atoms with Gasteiger partial charge in [0.1, 0.15) is 5.69 Å². The summed E-state index contributed by atoms with van der Waals surface area (Å²) in [5.41, 5.74) is 7.07. The normalized spacial score (nSPS) is 10.4. The van der Waals surface area contributed by atoms with Crippen LogP contribution in [0.15, 0.2) is 73.3 Å². The first kappa shape index (κ1) is 17.2. The zero-order valence-electron chi connectivity index (χ0n) is 14.5. The fraction of sp³-hybridized carbons (Fsp3) is 0. The van der Waals surface area contributed by atoms with Gasteiger partial charge in [-0.1, -0.05) is 24.3 Å². The molecule has 0 atom stereocenters. The molecule has 0 unspecified atom stereocenters. The molecule has 3 heterocycles. The lowest BCUT2D eigenvalue weighted by Gasteiger charge is -2.11. The third-order valence-corrected chi connectivity index (χ3v) is 3.97. The second-order valence-electron chi connectivity index (χ2n) is 5.79. The number of hydrazine groups is 1. The number of fused-ring (bicyclic) bond motifs is 1. The quantitative estimate of drug-likeness (QED) is 0.535. The van der Waals surface area contributed by atoms with Crippen LogP contribution in [0.2, 0.25) is 0 Å². The molecule has 0 aliphatic carbocycles. The van der Waals surface area contributed by atoms with E-state index in [2.05, 4.69) is 30.8 Å². The summed E-state index contributed by atoms with van der Waals surface area (Å²) in [6.45, 7) is 0. The third kappa shape index (κ3) is 3.51. The number of aromatic nitrogens is 4. The molecule has 0 saturated carbocycles. The molecular formula is C20H14N6O2. The zero-order chi connectivity index (χ0) is 19.3. The van der Waals surface area contributed by atoms with Crippen molar-refractivity contribution in [1.82, 2.24) is 30.8 Å². The van der Waals surface area contributed by atoms with E-state index in [1.807, 2.05) is 30.3 Å². The number of hydrogen-bond acceptors (Lipinski definition) is 6. The van der Waals surface area contributed by atoms with Gasteiger partial charge in [-0.2, -0.15) is 0 Å². The lowest BCUT2D eigenvalue weighted by atomic mass is 10.1. The molecule has 0 aliphatic heterocycles. The highest BCUT2D eigenvalue weighted by Gasteiger charge is 2.15. The van der Waals surface area contributed by atoms with E-state index in [0.717, 1.165) is 0 Å². The van der Waals surface area contributed by atoms with Crippen LogP contribution in [-0.2, 0) is 0 Å². The van der Waals surface area contributed by atoms with Gasteiger partial charge in [0.25, 0.3) is 11.8 Å². The Labute approximate surface area is 159 Å². The lowest BCUT2D eigenvalue weighted by molar-refractivity contribution is 0.0844. The predicted octanol–water partition coefficient (Wildman–Crippen LogP) is 2.16. The number of rotatable bonds is 3. The van der Waals surface area contributed by atoms with Crippen LogP contribution in [0, 0.1) is 0 Å². The Kier molecular flexibility index (Phi) is 4.67. The van der Waals surface area contributed by atoms with Gasteiger partial charge in [-0.15, -0.1) is 0 Å². The van der Waals surface area contributed by atoms with Crippen LogP contribution in [0.5, 0.6) is 0 Å². The second kappa shape index (κ2) is 7.58. The van der Waals surface area contributed by atoms with E-state index in [9.17, 15) is 9.59 Å². The predicted molar refractivity (Wildman–Crippen MR) is 102 cm³/mol. The monoisotopic (exact) mass is 370 g/mol. The minimum absolute atomic E-state index is 0.0940. The van der Waals surface area contributed by atoms with Crippen LogP contribution < -0.4 is 10.9 Å². The lowest BCUT2D eigenvalue weighted by Crippen LogP contribution is -2.42. The van der Waals surface area contributed by atoms with Crippen molar-refractivity contribution in [3.8, 4) is 11.4 Å². The molecule has 0 fully saturated rings. The average Bonchev–Trinajstić information content (AvgIpc) is 2.77. The summed E-state index contributed by atoms with van der Waals surface area (Å²) in [6, 6.07) is 14.4. The Hall–Kier alpha value is -4.20. The van der Waals surface area contributed by atoms with Crippen LogP contribution >= 0.6 is 0 Å². The van der Waals surface area contributed by atoms with Crippen LogP contribution in [0.3, 0.4) is 0 Å². The van der Waals surface area contributed by atoms with Crippen LogP contribution in [0.4, 0.5) is 0 Å². The Morgan fingerprint density at radius 2 is 1.61 bits per heavy atom. The van der Waals surface area contributed by atoms with E-state index in [1.54, 1.807) is 24.4 Å². The number of benzene rings is 1. The van der Waals surface area contributed by atoms with E-state index >= 15 is 0 Å². The van der Waals surface area contributed by atoms with Gasteiger partial charge < -0.3 is 0 Å². The number of para-hydroxylation sites is 1. The average molecular weight is 370 g/mol. The molecule has 3 aromatic heterocycles. The van der Waals surface area contributed by atoms with E-state index < -0.39 is 11.8 Å². The maximum atomic E-state index is 12.8. The van der Waals surface area contributed by atoms with Crippen molar-refractivity contribution >= 4 is 22.7 Å². The Bertz CT molecular complexity index is 1150. The Morgan fingerprint density at radius 3 is 2.39 bits per heavy atom. The molecular weight excluding hydrogens is 356 g/mol. The van der Waals surface area contributed by atoms with Gasteiger partial charge in [0.05, 0.1) is 28.7 Å². The molecule has 1 aromatic carbocycles. The largest absolute Gasteiger partial charge is 0.289 e. The number of carbonyl (C=O) groups excluding carboxylic acids is 2. The van der Waals surface area contributed by atoms with E-state index in [4.69, 9.17) is 0 Å². The zero-order valence-corrected chi connectivity index (χ0v) is 14.5. The van der Waals surface area contributed by atoms with Gasteiger partial charge in [0.15, 0.2) is 0 Å². The van der Waals surface area contributed by atoms with Crippen molar-refractivity contribution in [2.24, 2.45) is 0 Å². The molecule has 0 spiro atoms. The summed E-state index contributed by atoms with van der Waals surface area (Å²) in [6.07, 6.45) is 5.82. The minimum atomic E-state index is -0.565. The molecule has 0 saturated heterocycles. The minimum Gasteiger partial charge on any atom is -0.267 e. The van der Waals surface area contributed by atoms with Gasteiger partial charge in [0.2, 0.25) is 0 Å². The first-order valence-electron chi connectivity index (χ1n) is 8.40. The molecule has 136 valence electrons. The Balaban J connectivity index is 1.65. The van der Waals surface area contributed by atoms with Gasteiger partial charge in [-0.05, 0) is 24.3 Å².